The number of aliphatic imine (C=N–C) groups is 1. The van der Waals surface area contributed by atoms with Gasteiger partial charge < -0.3 is 25.0 Å². The number of likely N-dealkylation sites (N-methyl/N-ethyl adjacent to an activating group) is 1. The molecule has 2 bridgehead atoms. The molecule has 0 radical (unpaired) electrons. The Kier molecular flexibility index (Phi) is 7.35. The van der Waals surface area contributed by atoms with Gasteiger partial charge in [0, 0.05) is 25.7 Å². The van der Waals surface area contributed by atoms with Crippen LogP contribution in [0, 0.1) is 0 Å². The number of para-hydroxylation sites is 1. The summed E-state index contributed by atoms with van der Waals surface area (Å²) in [4.78, 5) is 6.74. The smallest absolute Gasteiger partial charge is 0.191 e. The van der Waals surface area contributed by atoms with Crippen molar-refractivity contribution in [3.05, 3.63) is 29.8 Å². The topological polar surface area (TPSA) is 58.1 Å². The van der Waals surface area contributed by atoms with Crippen molar-refractivity contribution < 1.29 is 9.47 Å². The van der Waals surface area contributed by atoms with E-state index in [-0.39, 0.29) is 0 Å². The average Bonchev–Trinajstić information content (AvgIpc) is 3.32. The monoisotopic (exact) mass is 374 g/mol. The summed E-state index contributed by atoms with van der Waals surface area (Å²) in [6.45, 7) is 8.80. The fraction of sp³-hybridized carbons (Fsp3) is 0.667. The van der Waals surface area contributed by atoms with Gasteiger partial charge in [0.15, 0.2) is 5.96 Å². The van der Waals surface area contributed by atoms with Gasteiger partial charge >= 0.3 is 0 Å². The van der Waals surface area contributed by atoms with E-state index in [1.165, 1.54) is 6.42 Å². The Bertz CT molecular complexity index is 618. The fourth-order valence-electron chi connectivity index (χ4n) is 3.95. The van der Waals surface area contributed by atoms with Gasteiger partial charge in [0.2, 0.25) is 0 Å². The molecule has 2 N–H and O–H groups in total. The molecule has 0 aliphatic carbocycles. The van der Waals surface area contributed by atoms with Gasteiger partial charge in [-0.25, -0.2) is 0 Å². The Morgan fingerprint density at radius 1 is 1.26 bits per heavy atom. The van der Waals surface area contributed by atoms with Crippen LogP contribution in [0.1, 0.15) is 38.7 Å². The van der Waals surface area contributed by atoms with E-state index in [0.717, 1.165) is 49.7 Å². The molecule has 0 spiro atoms. The van der Waals surface area contributed by atoms with Crippen LogP contribution in [0.4, 0.5) is 0 Å². The van der Waals surface area contributed by atoms with E-state index in [1.807, 2.05) is 25.2 Å². The molecule has 3 unspecified atom stereocenters. The summed E-state index contributed by atoms with van der Waals surface area (Å²) in [6.07, 6.45) is 4.21. The van der Waals surface area contributed by atoms with Crippen molar-refractivity contribution in [3.63, 3.8) is 0 Å². The lowest BCUT2D eigenvalue weighted by atomic mass is 9.96. The number of hydrogen-bond donors (Lipinski definition) is 2. The van der Waals surface area contributed by atoms with Crippen molar-refractivity contribution >= 4 is 5.96 Å². The SMILES string of the molecule is CCN(CC)CCOc1ccccc1CNC(=NC)NC1CC2CCC1O2. The predicted octanol–water partition coefficient (Wildman–Crippen LogP) is 2.39. The van der Waals surface area contributed by atoms with E-state index in [4.69, 9.17) is 9.47 Å². The van der Waals surface area contributed by atoms with Crippen LogP contribution in [-0.4, -0.2) is 62.4 Å². The zero-order chi connectivity index (χ0) is 19.1. The lowest BCUT2D eigenvalue weighted by Gasteiger charge is -2.23. The first kappa shape index (κ1) is 20.0. The highest BCUT2D eigenvalue weighted by Crippen LogP contribution is 2.34. The molecule has 2 fully saturated rings. The third kappa shape index (κ3) is 5.36. The zero-order valence-corrected chi connectivity index (χ0v) is 16.9. The molecule has 0 amide bonds. The van der Waals surface area contributed by atoms with Gasteiger partial charge in [-0.15, -0.1) is 0 Å². The van der Waals surface area contributed by atoms with Gasteiger partial charge in [0.1, 0.15) is 12.4 Å². The van der Waals surface area contributed by atoms with Gasteiger partial charge in [-0.1, -0.05) is 32.0 Å². The Morgan fingerprint density at radius 2 is 2.07 bits per heavy atom. The fourth-order valence-corrected chi connectivity index (χ4v) is 3.95. The minimum Gasteiger partial charge on any atom is -0.492 e. The third-order valence-corrected chi connectivity index (χ3v) is 5.63. The maximum Gasteiger partial charge on any atom is 0.191 e. The molecular formula is C21H34N4O2. The average molecular weight is 375 g/mol. The van der Waals surface area contributed by atoms with Gasteiger partial charge in [0.05, 0.1) is 18.2 Å². The minimum absolute atomic E-state index is 0.337. The first-order valence-corrected chi connectivity index (χ1v) is 10.3. The van der Waals surface area contributed by atoms with Crippen LogP contribution in [-0.2, 0) is 11.3 Å². The molecule has 6 heteroatoms. The van der Waals surface area contributed by atoms with Crippen LogP contribution in [0.25, 0.3) is 0 Å². The Balaban J connectivity index is 1.49. The van der Waals surface area contributed by atoms with Gasteiger partial charge in [-0.2, -0.15) is 0 Å². The number of rotatable bonds is 9. The molecule has 27 heavy (non-hydrogen) atoms. The van der Waals surface area contributed by atoms with E-state index in [2.05, 4.69) is 40.4 Å². The van der Waals surface area contributed by atoms with E-state index < -0.39 is 0 Å². The Labute approximate surface area is 163 Å². The molecule has 1 aromatic carbocycles. The molecule has 2 aliphatic rings. The van der Waals surface area contributed by atoms with Crippen molar-refractivity contribution in [2.45, 2.75) is 57.9 Å². The van der Waals surface area contributed by atoms with Gasteiger partial charge in [-0.05, 0) is 38.4 Å². The second-order valence-electron chi connectivity index (χ2n) is 7.27. The van der Waals surface area contributed by atoms with Crippen molar-refractivity contribution in [1.29, 1.82) is 0 Å². The zero-order valence-electron chi connectivity index (χ0n) is 16.9. The summed E-state index contributed by atoms with van der Waals surface area (Å²) in [5, 5.41) is 6.95. The lowest BCUT2D eigenvalue weighted by Crippen LogP contribution is -2.47. The number of guanidine groups is 1. The number of nitrogens with zero attached hydrogens (tertiary/aromatic N) is 2. The van der Waals surface area contributed by atoms with Gasteiger partial charge in [-0.3, -0.25) is 4.99 Å². The summed E-state index contributed by atoms with van der Waals surface area (Å²) in [7, 11) is 1.82. The van der Waals surface area contributed by atoms with Crippen LogP contribution in [0.5, 0.6) is 5.75 Å². The lowest BCUT2D eigenvalue weighted by molar-refractivity contribution is 0.0992. The van der Waals surface area contributed by atoms with Crippen LogP contribution >= 0.6 is 0 Å². The third-order valence-electron chi connectivity index (χ3n) is 5.63. The van der Waals surface area contributed by atoms with Crippen LogP contribution in [0.2, 0.25) is 0 Å². The first-order valence-electron chi connectivity index (χ1n) is 10.3. The molecule has 0 saturated carbocycles. The Morgan fingerprint density at radius 3 is 2.74 bits per heavy atom. The number of hydrogen-bond acceptors (Lipinski definition) is 4. The van der Waals surface area contributed by atoms with Crippen molar-refractivity contribution in [1.82, 2.24) is 15.5 Å². The van der Waals surface area contributed by atoms with Crippen LogP contribution < -0.4 is 15.4 Å². The normalized spacial score (nSPS) is 24.4. The summed E-state index contributed by atoms with van der Waals surface area (Å²) in [5.41, 5.74) is 1.14. The van der Waals surface area contributed by atoms with E-state index in [0.29, 0.717) is 31.4 Å². The molecule has 6 nitrogen and oxygen atoms in total. The highest BCUT2D eigenvalue weighted by molar-refractivity contribution is 5.80. The summed E-state index contributed by atoms with van der Waals surface area (Å²) >= 11 is 0. The van der Waals surface area contributed by atoms with E-state index in [9.17, 15) is 0 Å². The first-order chi connectivity index (χ1) is 13.2. The molecular weight excluding hydrogens is 340 g/mol. The van der Waals surface area contributed by atoms with E-state index >= 15 is 0 Å². The minimum atomic E-state index is 0.337. The molecule has 1 aromatic rings. The molecule has 3 atom stereocenters. The van der Waals surface area contributed by atoms with Crippen LogP contribution in [0.15, 0.2) is 29.3 Å². The number of nitrogens with one attached hydrogen (secondary N) is 2. The molecule has 2 heterocycles. The largest absolute Gasteiger partial charge is 0.492 e. The molecule has 3 rings (SSSR count). The highest BCUT2D eigenvalue weighted by atomic mass is 16.5. The van der Waals surface area contributed by atoms with Crippen molar-refractivity contribution in [3.8, 4) is 5.75 Å². The molecule has 0 aromatic heterocycles. The second kappa shape index (κ2) is 9.95. The summed E-state index contributed by atoms with van der Waals surface area (Å²) < 4.78 is 12.0. The Hall–Kier alpha value is -1.79. The van der Waals surface area contributed by atoms with E-state index in [1.54, 1.807) is 0 Å². The van der Waals surface area contributed by atoms with Crippen molar-refractivity contribution in [2.75, 3.05) is 33.3 Å². The summed E-state index contributed by atoms with van der Waals surface area (Å²) in [5.74, 6) is 1.77. The second-order valence-corrected chi connectivity index (χ2v) is 7.27. The number of ether oxygens (including phenoxy) is 2. The molecule has 150 valence electrons. The maximum absolute atomic E-state index is 6.05. The number of benzene rings is 1. The predicted molar refractivity (Wildman–Crippen MR) is 109 cm³/mol. The highest BCUT2D eigenvalue weighted by Gasteiger charge is 2.41. The maximum atomic E-state index is 6.05. The molecule has 2 aliphatic heterocycles. The van der Waals surface area contributed by atoms with Crippen molar-refractivity contribution in [2.24, 2.45) is 4.99 Å². The summed E-state index contributed by atoms with van der Waals surface area (Å²) in [6, 6.07) is 8.59. The van der Waals surface area contributed by atoms with Gasteiger partial charge in [0.25, 0.3) is 0 Å². The quantitative estimate of drug-likeness (QED) is 0.513. The standard InChI is InChI=1S/C21H34N4O2/c1-4-25(5-2)12-13-26-19-9-7-6-8-16(19)15-23-21(22-3)24-18-14-17-10-11-20(18)27-17/h6-9,17-18,20H,4-5,10-15H2,1-3H3,(H2,22,23,24). The molecule has 2 saturated heterocycles. The van der Waals surface area contributed by atoms with Crippen LogP contribution in [0.3, 0.4) is 0 Å². The number of fused-ring (bicyclic) bond motifs is 2.